The Balaban J connectivity index is 1.67. The van der Waals surface area contributed by atoms with E-state index in [4.69, 9.17) is 11.6 Å². The maximum atomic E-state index is 5.95. The summed E-state index contributed by atoms with van der Waals surface area (Å²) in [5.74, 6) is 0.732. The number of nitrogens with one attached hydrogen (secondary N) is 1. The van der Waals surface area contributed by atoms with Crippen LogP contribution in [0.3, 0.4) is 0 Å². The first kappa shape index (κ1) is 12.6. The Bertz CT molecular complexity index is 679. The summed E-state index contributed by atoms with van der Waals surface area (Å²) in [6.45, 7) is 0.699. The van der Waals surface area contributed by atoms with Gasteiger partial charge in [0.25, 0.3) is 0 Å². The molecule has 2 heterocycles. The molecule has 3 rings (SSSR count). The Hall–Kier alpha value is -2.40. The molecule has 0 radical (unpaired) electrons. The molecule has 6 heteroatoms. The fourth-order valence-corrected chi connectivity index (χ4v) is 2.02. The van der Waals surface area contributed by atoms with Gasteiger partial charge in [-0.1, -0.05) is 23.7 Å². The number of pyridine rings is 1. The highest BCUT2D eigenvalue weighted by Crippen LogP contribution is 2.13. The van der Waals surface area contributed by atoms with Gasteiger partial charge in [-0.25, -0.2) is 14.6 Å². The van der Waals surface area contributed by atoms with E-state index in [0.717, 1.165) is 22.1 Å². The molecule has 0 saturated heterocycles. The average Bonchev–Trinajstić information content (AvgIpc) is 3.00. The molecule has 0 spiro atoms. The lowest BCUT2D eigenvalue weighted by atomic mass is 10.2. The first-order valence-corrected chi connectivity index (χ1v) is 6.48. The van der Waals surface area contributed by atoms with E-state index < -0.39 is 0 Å². The summed E-state index contributed by atoms with van der Waals surface area (Å²) in [5.41, 5.74) is 2.06. The molecule has 20 heavy (non-hydrogen) atoms. The van der Waals surface area contributed by atoms with Crippen molar-refractivity contribution >= 4 is 17.3 Å². The van der Waals surface area contributed by atoms with E-state index in [9.17, 15) is 0 Å². The van der Waals surface area contributed by atoms with Crippen LogP contribution < -0.4 is 5.32 Å². The van der Waals surface area contributed by atoms with Gasteiger partial charge in [-0.05, 0) is 29.8 Å². The molecule has 1 aromatic carbocycles. The molecule has 0 aliphatic carbocycles. The zero-order valence-electron chi connectivity index (χ0n) is 10.6. The molecule has 0 saturated carbocycles. The number of rotatable bonds is 4. The van der Waals surface area contributed by atoms with Gasteiger partial charge in [0.15, 0.2) is 5.82 Å². The highest BCUT2D eigenvalue weighted by molar-refractivity contribution is 6.30. The van der Waals surface area contributed by atoms with E-state index in [-0.39, 0.29) is 0 Å². The standard InChI is InChI=1S/C14H12ClN5/c15-12-3-1-2-11(6-12)7-17-13-4-5-14(18-8-13)20-10-16-9-19-20/h1-6,8-10,17H,7H2. The number of benzene rings is 1. The molecule has 3 aromatic rings. The minimum atomic E-state index is 0.699. The molecule has 5 nitrogen and oxygen atoms in total. The monoisotopic (exact) mass is 285 g/mol. The Morgan fingerprint density at radius 3 is 2.85 bits per heavy atom. The molecule has 0 fully saturated rings. The molecule has 0 aliphatic rings. The van der Waals surface area contributed by atoms with Crippen molar-refractivity contribution in [3.05, 3.63) is 65.8 Å². The minimum Gasteiger partial charge on any atom is -0.380 e. The average molecular weight is 286 g/mol. The third-order valence-electron chi connectivity index (χ3n) is 2.79. The predicted molar refractivity (Wildman–Crippen MR) is 77.9 cm³/mol. The zero-order chi connectivity index (χ0) is 13.8. The van der Waals surface area contributed by atoms with Crippen molar-refractivity contribution in [2.45, 2.75) is 6.54 Å². The molecule has 100 valence electrons. The van der Waals surface area contributed by atoms with Gasteiger partial charge in [0, 0.05) is 11.6 Å². The lowest BCUT2D eigenvalue weighted by Gasteiger charge is -2.07. The molecular weight excluding hydrogens is 274 g/mol. The molecular formula is C14H12ClN5. The van der Waals surface area contributed by atoms with Gasteiger partial charge < -0.3 is 5.32 Å². The fraction of sp³-hybridized carbons (Fsp3) is 0.0714. The fourth-order valence-electron chi connectivity index (χ4n) is 1.80. The number of hydrogen-bond acceptors (Lipinski definition) is 4. The first-order chi connectivity index (χ1) is 9.81. The van der Waals surface area contributed by atoms with Gasteiger partial charge in [-0.15, -0.1) is 0 Å². The van der Waals surface area contributed by atoms with Crippen molar-refractivity contribution in [3.8, 4) is 5.82 Å². The second-order valence-corrected chi connectivity index (χ2v) is 4.67. The van der Waals surface area contributed by atoms with Crippen LogP contribution in [0.15, 0.2) is 55.2 Å². The van der Waals surface area contributed by atoms with Crippen LogP contribution in [-0.4, -0.2) is 19.7 Å². The minimum absolute atomic E-state index is 0.699. The van der Waals surface area contributed by atoms with Crippen LogP contribution in [0.2, 0.25) is 5.02 Å². The molecule has 0 bridgehead atoms. The SMILES string of the molecule is Clc1cccc(CNc2ccc(-n3cncn3)nc2)c1. The van der Waals surface area contributed by atoms with Crippen molar-refractivity contribution in [2.75, 3.05) is 5.32 Å². The second-order valence-electron chi connectivity index (χ2n) is 4.23. The predicted octanol–water partition coefficient (Wildman–Crippen LogP) is 2.93. The second kappa shape index (κ2) is 5.71. The normalized spacial score (nSPS) is 10.4. The van der Waals surface area contributed by atoms with Gasteiger partial charge >= 0.3 is 0 Å². The van der Waals surface area contributed by atoms with Crippen LogP contribution in [-0.2, 0) is 6.54 Å². The number of nitrogens with zero attached hydrogens (tertiary/aromatic N) is 4. The number of anilines is 1. The summed E-state index contributed by atoms with van der Waals surface area (Å²) in [6, 6.07) is 11.6. The molecule has 2 aromatic heterocycles. The largest absolute Gasteiger partial charge is 0.380 e. The maximum absolute atomic E-state index is 5.95. The lowest BCUT2D eigenvalue weighted by Crippen LogP contribution is -2.02. The highest BCUT2D eigenvalue weighted by atomic mass is 35.5. The van der Waals surface area contributed by atoms with Crippen LogP contribution in [0.4, 0.5) is 5.69 Å². The van der Waals surface area contributed by atoms with E-state index in [2.05, 4.69) is 20.4 Å². The third kappa shape index (κ3) is 2.95. The van der Waals surface area contributed by atoms with Crippen molar-refractivity contribution in [1.29, 1.82) is 0 Å². The van der Waals surface area contributed by atoms with E-state index in [1.54, 1.807) is 17.2 Å². The third-order valence-corrected chi connectivity index (χ3v) is 3.02. The Kier molecular flexibility index (Phi) is 3.60. The molecule has 0 amide bonds. The number of halogens is 1. The van der Waals surface area contributed by atoms with E-state index in [1.807, 2.05) is 36.4 Å². The summed E-state index contributed by atoms with van der Waals surface area (Å²) < 4.78 is 1.61. The van der Waals surface area contributed by atoms with Crippen LogP contribution >= 0.6 is 11.6 Å². The van der Waals surface area contributed by atoms with Gasteiger partial charge in [-0.2, -0.15) is 5.10 Å². The van der Waals surface area contributed by atoms with Gasteiger partial charge in [0.2, 0.25) is 0 Å². The van der Waals surface area contributed by atoms with E-state index in [1.165, 1.54) is 6.33 Å². The van der Waals surface area contributed by atoms with Crippen molar-refractivity contribution in [1.82, 2.24) is 19.7 Å². The summed E-state index contributed by atoms with van der Waals surface area (Å²) >= 11 is 5.95. The summed E-state index contributed by atoms with van der Waals surface area (Å²) in [4.78, 5) is 8.21. The Morgan fingerprint density at radius 2 is 2.15 bits per heavy atom. The van der Waals surface area contributed by atoms with E-state index in [0.29, 0.717) is 6.54 Å². The maximum Gasteiger partial charge on any atom is 0.155 e. The molecule has 1 N–H and O–H groups in total. The molecule has 0 atom stereocenters. The molecule has 0 aliphatic heterocycles. The van der Waals surface area contributed by atoms with E-state index >= 15 is 0 Å². The van der Waals surface area contributed by atoms with Crippen LogP contribution in [0.1, 0.15) is 5.56 Å². The summed E-state index contributed by atoms with van der Waals surface area (Å²) in [7, 11) is 0. The lowest BCUT2D eigenvalue weighted by molar-refractivity contribution is 0.845. The summed E-state index contributed by atoms with van der Waals surface area (Å²) in [5, 5.41) is 8.06. The quantitative estimate of drug-likeness (QED) is 0.801. The first-order valence-electron chi connectivity index (χ1n) is 6.11. The van der Waals surface area contributed by atoms with Crippen molar-refractivity contribution in [2.24, 2.45) is 0 Å². The number of aromatic nitrogens is 4. The Morgan fingerprint density at radius 1 is 1.20 bits per heavy atom. The van der Waals surface area contributed by atoms with Crippen molar-refractivity contribution in [3.63, 3.8) is 0 Å². The van der Waals surface area contributed by atoms with Crippen LogP contribution in [0.25, 0.3) is 5.82 Å². The van der Waals surface area contributed by atoms with Crippen LogP contribution in [0.5, 0.6) is 0 Å². The Labute approximate surface area is 121 Å². The highest BCUT2D eigenvalue weighted by Gasteiger charge is 1.99. The summed E-state index contributed by atoms with van der Waals surface area (Å²) in [6.07, 6.45) is 4.86. The van der Waals surface area contributed by atoms with Gasteiger partial charge in [-0.3, -0.25) is 0 Å². The van der Waals surface area contributed by atoms with Crippen LogP contribution in [0, 0.1) is 0 Å². The molecule has 0 unspecified atom stereocenters. The smallest absolute Gasteiger partial charge is 0.155 e. The van der Waals surface area contributed by atoms with Gasteiger partial charge in [0.1, 0.15) is 12.7 Å². The van der Waals surface area contributed by atoms with Gasteiger partial charge in [0.05, 0.1) is 11.9 Å². The zero-order valence-corrected chi connectivity index (χ0v) is 11.3. The number of hydrogen-bond donors (Lipinski definition) is 1. The topological polar surface area (TPSA) is 55.6 Å². The van der Waals surface area contributed by atoms with Crippen molar-refractivity contribution < 1.29 is 0 Å².